The van der Waals surface area contributed by atoms with Crippen molar-refractivity contribution in [3.8, 4) is 0 Å². The molecule has 0 spiro atoms. The van der Waals surface area contributed by atoms with Gasteiger partial charge in [0.1, 0.15) is 0 Å². The second-order valence-electron chi connectivity index (χ2n) is 2.86. The van der Waals surface area contributed by atoms with Crippen molar-refractivity contribution < 1.29 is 17.0 Å². The Morgan fingerprint density at radius 2 is 1.42 bits per heavy atom. The summed E-state index contributed by atoms with van der Waals surface area (Å²) in [6, 6.07) is 6.85. The molecule has 0 nitrogen and oxygen atoms in total. The van der Waals surface area contributed by atoms with E-state index in [1.54, 1.807) is 0 Å². The third-order valence-electron chi connectivity index (χ3n) is 1.93. The first-order valence-corrected chi connectivity index (χ1v) is 4.91. The number of halogens is 1. The first-order valence-electron chi connectivity index (χ1n) is 4.21. The Morgan fingerprint density at radius 3 is 1.75 bits per heavy atom. The van der Waals surface area contributed by atoms with Crippen LogP contribution in [0.1, 0.15) is 25.0 Å². The fourth-order valence-corrected chi connectivity index (χ4v) is 1.77. The Kier molecular flexibility index (Phi) is 6.24. The SMILES string of the molecule is CCc1c[c]([Mg+])cc(CC)c1.[Br-]. The van der Waals surface area contributed by atoms with Gasteiger partial charge in [-0.3, -0.25) is 0 Å². The Hall–Kier alpha value is 0.466. The molecule has 0 aliphatic rings. The van der Waals surface area contributed by atoms with Crippen LogP contribution in [-0.4, -0.2) is 21.7 Å². The normalized spacial score (nSPS) is 9.33. The van der Waals surface area contributed by atoms with E-state index in [4.69, 9.17) is 0 Å². The second kappa shape index (κ2) is 6.00. The Balaban J connectivity index is 0.00000121. The number of benzene rings is 1. The quantitative estimate of drug-likeness (QED) is 0.556. The zero-order chi connectivity index (χ0) is 8.27. The van der Waals surface area contributed by atoms with E-state index in [2.05, 4.69) is 32.0 Å². The van der Waals surface area contributed by atoms with Gasteiger partial charge in [0.05, 0.1) is 0 Å². The molecular formula is C10H13BrMg. The van der Waals surface area contributed by atoms with E-state index in [-0.39, 0.29) is 17.0 Å². The first kappa shape index (κ1) is 12.5. The van der Waals surface area contributed by atoms with E-state index in [0.29, 0.717) is 0 Å². The van der Waals surface area contributed by atoms with E-state index in [1.807, 2.05) is 21.7 Å². The minimum atomic E-state index is 0. The molecule has 0 atom stereocenters. The topological polar surface area (TPSA) is 0 Å². The van der Waals surface area contributed by atoms with Crippen molar-refractivity contribution >= 4 is 25.4 Å². The molecule has 12 heavy (non-hydrogen) atoms. The smallest absolute Gasteiger partial charge is 1.00 e. The summed E-state index contributed by atoms with van der Waals surface area (Å²) in [5.74, 6) is 0. The van der Waals surface area contributed by atoms with Crippen LogP contribution in [0.3, 0.4) is 0 Å². The fraction of sp³-hybridized carbons (Fsp3) is 0.400. The van der Waals surface area contributed by atoms with Gasteiger partial charge in [-0.2, -0.15) is 0 Å². The molecule has 0 unspecified atom stereocenters. The second-order valence-corrected chi connectivity index (χ2v) is 3.68. The summed E-state index contributed by atoms with van der Waals surface area (Å²) >= 11 is 1.97. The minimum Gasteiger partial charge on any atom is -1.00 e. The molecule has 62 valence electrons. The summed E-state index contributed by atoms with van der Waals surface area (Å²) in [5, 5.41) is 0. The summed E-state index contributed by atoms with van der Waals surface area (Å²) in [4.78, 5) is 0. The third kappa shape index (κ3) is 3.46. The van der Waals surface area contributed by atoms with Gasteiger partial charge in [0.25, 0.3) is 0 Å². The molecule has 0 saturated heterocycles. The largest absolute Gasteiger partial charge is 1.00 e. The van der Waals surface area contributed by atoms with Crippen molar-refractivity contribution in [2.75, 3.05) is 0 Å². The van der Waals surface area contributed by atoms with Gasteiger partial charge in [0.2, 0.25) is 0 Å². The molecule has 1 aromatic carbocycles. The van der Waals surface area contributed by atoms with Crippen molar-refractivity contribution in [2.24, 2.45) is 0 Å². The average Bonchev–Trinajstić information content (AvgIpc) is 2.03. The van der Waals surface area contributed by atoms with E-state index in [1.165, 1.54) is 14.8 Å². The van der Waals surface area contributed by atoms with Crippen LogP contribution in [0.25, 0.3) is 0 Å². The van der Waals surface area contributed by atoms with E-state index in [9.17, 15) is 0 Å². The van der Waals surface area contributed by atoms with Crippen molar-refractivity contribution in [1.82, 2.24) is 0 Å². The van der Waals surface area contributed by atoms with Gasteiger partial charge in [0, 0.05) is 0 Å². The molecule has 0 aliphatic carbocycles. The predicted molar refractivity (Wildman–Crippen MR) is 50.6 cm³/mol. The van der Waals surface area contributed by atoms with Crippen molar-refractivity contribution in [1.29, 1.82) is 0 Å². The maximum Gasteiger partial charge on any atom is -1.00 e. The van der Waals surface area contributed by atoms with Gasteiger partial charge in [-0.15, -0.1) is 0 Å². The molecule has 0 amide bonds. The van der Waals surface area contributed by atoms with E-state index in [0.717, 1.165) is 12.8 Å². The van der Waals surface area contributed by atoms with Gasteiger partial charge in [-0.05, 0) is 0 Å². The molecule has 0 aromatic heterocycles. The van der Waals surface area contributed by atoms with Crippen LogP contribution in [0.5, 0.6) is 0 Å². The number of aryl methyl sites for hydroxylation is 2. The van der Waals surface area contributed by atoms with Crippen LogP contribution in [0.4, 0.5) is 0 Å². The Morgan fingerprint density at radius 1 is 1.00 bits per heavy atom. The molecule has 1 aromatic rings. The molecular weight excluding hydrogens is 224 g/mol. The predicted octanol–water partition coefficient (Wildman–Crippen LogP) is -1.39. The molecule has 0 fully saturated rings. The zero-order valence-electron chi connectivity index (χ0n) is 7.73. The van der Waals surface area contributed by atoms with Crippen LogP contribution in [0, 0.1) is 0 Å². The van der Waals surface area contributed by atoms with E-state index >= 15 is 0 Å². The number of hydrogen-bond donors (Lipinski definition) is 0. The minimum absolute atomic E-state index is 0. The molecule has 1 rings (SSSR count). The Labute approximate surface area is 98.0 Å². The number of hydrogen-bond acceptors (Lipinski definition) is 0. The zero-order valence-corrected chi connectivity index (χ0v) is 10.7. The van der Waals surface area contributed by atoms with Crippen LogP contribution in [0.15, 0.2) is 18.2 Å². The maximum absolute atomic E-state index is 2.30. The van der Waals surface area contributed by atoms with Crippen LogP contribution < -0.4 is 20.7 Å². The van der Waals surface area contributed by atoms with Crippen molar-refractivity contribution in [3.63, 3.8) is 0 Å². The molecule has 0 bridgehead atoms. The first-order chi connectivity index (χ1) is 5.26. The summed E-state index contributed by atoms with van der Waals surface area (Å²) in [6.45, 7) is 4.41. The van der Waals surface area contributed by atoms with Crippen LogP contribution in [0.2, 0.25) is 0 Å². The molecule has 0 radical (unpaired) electrons. The molecule has 0 N–H and O–H groups in total. The van der Waals surface area contributed by atoms with Gasteiger partial charge in [0.15, 0.2) is 0 Å². The maximum atomic E-state index is 2.30. The molecule has 2 heteroatoms. The molecule has 0 aliphatic heterocycles. The van der Waals surface area contributed by atoms with Gasteiger partial charge >= 0.3 is 81.4 Å². The average molecular weight is 237 g/mol. The van der Waals surface area contributed by atoms with Gasteiger partial charge < -0.3 is 17.0 Å². The van der Waals surface area contributed by atoms with Crippen LogP contribution >= 0.6 is 0 Å². The summed E-state index contributed by atoms with van der Waals surface area (Å²) in [7, 11) is 0. The summed E-state index contributed by atoms with van der Waals surface area (Å²) in [5.41, 5.74) is 2.93. The van der Waals surface area contributed by atoms with Crippen LogP contribution in [-0.2, 0) is 12.8 Å². The van der Waals surface area contributed by atoms with Gasteiger partial charge in [-0.25, -0.2) is 0 Å². The monoisotopic (exact) mass is 236 g/mol. The van der Waals surface area contributed by atoms with E-state index < -0.39 is 0 Å². The van der Waals surface area contributed by atoms with Crippen molar-refractivity contribution in [2.45, 2.75) is 26.7 Å². The fourth-order valence-electron chi connectivity index (χ4n) is 1.25. The standard InChI is InChI=1S/C10H13.BrH.Mg/c1-3-9-6-5-7-10(4-2)8-9;;/h6-8H,3-4H2,1-2H3;1H;/q;;+1/p-1. The van der Waals surface area contributed by atoms with Gasteiger partial charge in [-0.1, -0.05) is 0 Å². The third-order valence-corrected chi connectivity index (χ3v) is 2.34. The Bertz CT molecular complexity index is 223. The van der Waals surface area contributed by atoms with Crippen molar-refractivity contribution in [3.05, 3.63) is 29.3 Å². The summed E-state index contributed by atoms with van der Waals surface area (Å²) < 4.78 is 1.42. The molecule has 0 heterocycles. The summed E-state index contributed by atoms with van der Waals surface area (Å²) in [6.07, 6.45) is 2.30. The number of rotatable bonds is 2. The molecule has 0 saturated carbocycles.